The Labute approximate surface area is 100 Å². The summed E-state index contributed by atoms with van der Waals surface area (Å²) in [6.07, 6.45) is 2.28. The molecule has 2 rings (SSSR count). The molecule has 1 aliphatic rings. The van der Waals surface area contributed by atoms with Gasteiger partial charge in [0.25, 0.3) is 0 Å². The van der Waals surface area contributed by atoms with Gasteiger partial charge in [0.2, 0.25) is 0 Å². The second-order valence-corrected chi connectivity index (χ2v) is 4.67. The molecule has 94 valence electrons. The third-order valence-electron chi connectivity index (χ3n) is 3.23. The molecule has 0 saturated carbocycles. The van der Waals surface area contributed by atoms with Crippen molar-refractivity contribution in [1.82, 2.24) is 5.32 Å². The molecule has 1 heterocycles. The van der Waals surface area contributed by atoms with Gasteiger partial charge in [-0.15, -0.1) is 0 Å². The number of benzene rings is 1. The first kappa shape index (κ1) is 12.3. The zero-order chi connectivity index (χ0) is 12.3. The number of hydrogen-bond acceptors (Lipinski definition) is 2. The summed E-state index contributed by atoms with van der Waals surface area (Å²) in [6, 6.07) is 2.47. The molecule has 1 aromatic carbocycles. The lowest BCUT2D eigenvalue weighted by Crippen LogP contribution is -2.33. The van der Waals surface area contributed by atoms with E-state index in [1.165, 1.54) is 12.1 Å². The van der Waals surface area contributed by atoms with Crippen LogP contribution in [0.2, 0.25) is 0 Å². The van der Waals surface area contributed by atoms with Crippen molar-refractivity contribution in [3.8, 4) is 0 Å². The Morgan fingerprint density at radius 2 is 2.18 bits per heavy atom. The van der Waals surface area contributed by atoms with E-state index >= 15 is 0 Å². The van der Waals surface area contributed by atoms with Gasteiger partial charge in [0.1, 0.15) is 11.6 Å². The number of aryl methyl sites for hydroxylation is 1. The molecule has 1 saturated heterocycles. The van der Waals surface area contributed by atoms with E-state index in [9.17, 15) is 8.78 Å². The Hall–Kier alpha value is -1.16. The van der Waals surface area contributed by atoms with Gasteiger partial charge in [-0.2, -0.15) is 0 Å². The van der Waals surface area contributed by atoms with Crippen molar-refractivity contribution in [3.05, 3.63) is 29.3 Å². The van der Waals surface area contributed by atoms with Crippen LogP contribution in [0.25, 0.3) is 0 Å². The van der Waals surface area contributed by atoms with Gasteiger partial charge in [0, 0.05) is 12.6 Å². The number of piperidine rings is 1. The fourth-order valence-corrected chi connectivity index (χ4v) is 2.13. The van der Waals surface area contributed by atoms with Crippen LogP contribution in [0.3, 0.4) is 0 Å². The molecule has 1 atom stereocenters. The van der Waals surface area contributed by atoms with Crippen LogP contribution in [0.1, 0.15) is 18.4 Å². The molecule has 1 unspecified atom stereocenters. The molecule has 0 spiro atoms. The van der Waals surface area contributed by atoms with Gasteiger partial charge in [-0.1, -0.05) is 0 Å². The average Bonchev–Trinajstić information content (AvgIpc) is 2.33. The molecule has 0 bridgehead atoms. The molecule has 1 aromatic rings. The van der Waals surface area contributed by atoms with Crippen LogP contribution in [0.4, 0.5) is 14.5 Å². The summed E-state index contributed by atoms with van der Waals surface area (Å²) in [5, 5.41) is 6.29. The minimum absolute atomic E-state index is 0.263. The van der Waals surface area contributed by atoms with E-state index in [4.69, 9.17) is 0 Å². The number of halogens is 2. The summed E-state index contributed by atoms with van der Waals surface area (Å²) in [7, 11) is 0. The quantitative estimate of drug-likeness (QED) is 0.848. The van der Waals surface area contributed by atoms with E-state index in [2.05, 4.69) is 10.6 Å². The Morgan fingerprint density at radius 3 is 2.88 bits per heavy atom. The van der Waals surface area contributed by atoms with Crippen molar-refractivity contribution in [3.63, 3.8) is 0 Å². The van der Waals surface area contributed by atoms with Crippen LogP contribution in [0.5, 0.6) is 0 Å². The van der Waals surface area contributed by atoms with Crippen LogP contribution in [-0.2, 0) is 0 Å². The predicted octanol–water partition coefficient (Wildman–Crippen LogP) is 2.68. The number of nitrogens with one attached hydrogen (secondary N) is 2. The number of anilines is 1. The van der Waals surface area contributed by atoms with E-state index in [-0.39, 0.29) is 17.3 Å². The van der Waals surface area contributed by atoms with Crippen molar-refractivity contribution < 1.29 is 8.78 Å². The zero-order valence-electron chi connectivity index (χ0n) is 10.0. The van der Waals surface area contributed by atoms with Crippen molar-refractivity contribution in [1.29, 1.82) is 0 Å². The molecular formula is C13H18F2N2. The monoisotopic (exact) mass is 240 g/mol. The maximum atomic E-state index is 13.5. The molecule has 17 heavy (non-hydrogen) atoms. The van der Waals surface area contributed by atoms with Crippen LogP contribution in [-0.4, -0.2) is 19.6 Å². The van der Waals surface area contributed by atoms with Gasteiger partial charge in [-0.25, -0.2) is 8.78 Å². The molecular weight excluding hydrogens is 222 g/mol. The third-order valence-corrected chi connectivity index (χ3v) is 3.23. The molecule has 1 aliphatic heterocycles. The summed E-state index contributed by atoms with van der Waals surface area (Å²) >= 11 is 0. The molecule has 0 aromatic heterocycles. The molecule has 0 radical (unpaired) electrons. The lowest BCUT2D eigenvalue weighted by Gasteiger charge is -2.23. The zero-order valence-corrected chi connectivity index (χ0v) is 10.0. The number of hydrogen-bond donors (Lipinski definition) is 2. The van der Waals surface area contributed by atoms with E-state index in [1.807, 2.05) is 0 Å². The molecule has 1 fully saturated rings. The largest absolute Gasteiger partial charge is 0.382 e. The lowest BCUT2D eigenvalue weighted by atomic mass is 9.99. The molecule has 2 N–H and O–H groups in total. The van der Waals surface area contributed by atoms with Crippen LogP contribution in [0.15, 0.2) is 12.1 Å². The van der Waals surface area contributed by atoms with Gasteiger partial charge in [0.15, 0.2) is 0 Å². The second-order valence-electron chi connectivity index (χ2n) is 4.67. The summed E-state index contributed by atoms with van der Waals surface area (Å²) in [5.41, 5.74) is 0.603. The fourth-order valence-electron chi connectivity index (χ4n) is 2.13. The second kappa shape index (κ2) is 5.45. The van der Waals surface area contributed by atoms with Gasteiger partial charge < -0.3 is 10.6 Å². The Morgan fingerprint density at radius 1 is 1.35 bits per heavy atom. The highest BCUT2D eigenvalue weighted by Crippen LogP contribution is 2.20. The third kappa shape index (κ3) is 3.16. The first-order valence-electron chi connectivity index (χ1n) is 6.07. The fraction of sp³-hybridized carbons (Fsp3) is 0.538. The van der Waals surface area contributed by atoms with Crippen molar-refractivity contribution >= 4 is 5.69 Å². The predicted molar refractivity (Wildman–Crippen MR) is 65.2 cm³/mol. The van der Waals surface area contributed by atoms with Gasteiger partial charge in [-0.05, 0) is 50.4 Å². The summed E-state index contributed by atoms with van der Waals surface area (Å²) in [4.78, 5) is 0. The smallest absolute Gasteiger partial charge is 0.146 e. The van der Waals surface area contributed by atoms with E-state index in [1.54, 1.807) is 6.92 Å². The van der Waals surface area contributed by atoms with Gasteiger partial charge >= 0.3 is 0 Å². The van der Waals surface area contributed by atoms with Gasteiger partial charge in [0.05, 0.1) is 5.69 Å². The Kier molecular flexibility index (Phi) is 3.94. The highest BCUT2D eigenvalue weighted by atomic mass is 19.1. The molecule has 0 amide bonds. The minimum Gasteiger partial charge on any atom is -0.382 e. The Balaban J connectivity index is 1.96. The van der Waals surface area contributed by atoms with Crippen molar-refractivity contribution in [2.24, 2.45) is 5.92 Å². The van der Waals surface area contributed by atoms with Crippen LogP contribution >= 0.6 is 0 Å². The maximum Gasteiger partial charge on any atom is 0.146 e. The molecule has 4 heteroatoms. The van der Waals surface area contributed by atoms with Crippen molar-refractivity contribution in [2.75, 3.05) is 25.0 Å². The topological polar surface area (TPSA) is 24.1 Å². The molecule has 2 nitrogen and oxygen atoms in total. The van der Waals surface area contributed by atoms with Crippen LogP contribution < -0.4 is 10.6 Å². The average molecular weight is 240 g/mol. The van der Waals surface area contributed by atoms with E-state index in [0.717, 1.165) is 25.9 Å². The van der Waals surface area contributed by atoms with Crippen molar-refractivity contribution in [2.45, 2.75) is 19.8 Å². The minimum atomic E-state index is -0.382. The molecule has 0 aliphatic carbocycles. The van der Waals surface area contributed by atoms with Crippen LogP contribution in [0, 0.1) is 24.5 Å². The highest BCUT2D eigenvalue weighted by Gasteiger charge is 2.14. The maximum absolute atomic E-state index is 13.5. The lowest BCUT2D eigenvalue weighted by molar-refractivity contribution is 0.392. The SMILES string of the molecule is Cc1cc(F)c(NCC2CCCNC2)cc1F. The first-order valence-corrected chi connectivity index (χ1v) is 6.07. The van der Waals surface area contributed by atoms with E-state index in [0.29, 0.717) is 18.0 Å². The standard InChI is InChI=1S/C13H18F2N2/c1-9-5-12(15)13(6-11(9)14)17-8-10-3-2-4-16-7-10/h5-6,10,16-17H,2-4,7-8H2,1H3. The summed E-state index contributed by atoms with van der Waals surface area (Å²) in [5.74, 6) is -0.254. The van der Waals surface area contributed by atoms with E-state index < -0.39 is 0 Å². The Bertz CT molecular complexity index is 387. The first-order chi connectivity index (χ1) is 8.16. The summed E-state index contributed by atoms with van der Waals surface area (Å²) in [6.45, 7) is 4.26. The summed E-state index contributed by atoms with van der Waals surface area (Å²) < 4.78 is 26.8. The number of rotatable bonds is 3. The van der Waals surface area contributed by atoms with Gasteiger partial charge in [-0.3, -0.25) is 0 Å². The normalized spacial score (nSPS) is 20.3. The highest BCUT2D eigenvalue weighted by molar-refractivity contribution is 5.46.